The fraction of sp³-hybridized carbons (Fsp3) is 0.750. The average Bonchev–Trinajstić information content (AvgIpc) is 2.27. The second kappa shape index (κ2) is 6.67. The summed E-state index contributed by atoms with van der Waals surface area (Å²) >= 11 is 0. The Kier molecular flexibility index (Phi) is 5.46. The van der Waals surface area contributed by atoms with Gasteiger partial charge in [-0.15, -0.1) is 0 Å². The van der Waals surface area contributed by atoms with Gasteiger partial charge >= 0.3 is 17.9 Å². The van der Waals surface area contributed by atoms with Crippen LogP contribution in [0.25, 0.3) is 0 Å². The van der Waals surface area contributed by atoms with E-state index in [4.69, 9.17) is 18.9 Å². The number of carbonyl (C=O) groups excluding carboxylic acids is 3. The SMILES string of the molecule is CC(=O)OC1[C@@H](OC(C)=O)[C@H](O)O[C@H](C)[C@@H]1OC(C)=O. The highest BCUT2D eigenvalue weighted by atomic mass is 16.7. The molecule has 0 aromatic rings. The summed E-state index contributed by atoms with van der Waals surface area (Å²) in [4.78, 5) is 33.3. The van der Waals surface area contributed by atoms with Crippen LogP contribution in [-0.4, -0.2) is 53.7 Å². The number of aliphatic hydroxyl groups excluding tert-OH is 1. The quantitative estimate of drug-likeness (QED) is 0.548. The summed E-state index contributed by atoms with van der Waals surface area (Å²) < 4.78 is 20.1. The molecule has 5 atom stereocenters. The van der Waals surface area contributed by atoms with E-state index in [1.54, 1.807) is 0 Å². The van der Waals surface area contributed by atoms with Crippen molar-refractivity contribution in [2.45, 2.75) is 58.4 Å². The lowest BCUT2D eigenvalue weighted by molar-refractivity contribution is -0.288. The maximum Gasteiger partial charge on any atom is 0.303 e. The van der Waals surface area contributed by atoms with Gasteiger partial charge in [0.2, 0.25) is 0 Å². The smallest absolute Gasteiger partial charge is 0.303 e. The molecule has 0 amide bonds. The third-order valence-corrected chi connectivity index (χ3v) is 2.65. The zero-order chi connectivity index (χ0) is 15.4. The van der Waals surface area contributed by atoms with E-state index in [1.165, 1.54) is 13.8 Å². The Morgan fingerprint density at radius 2 is 1.25 bits per heavy atom. The molecule has 0 aromatic heterocycles. The third kappa shape index (κ3) is 4.17. The normalized spacial score (nSPS) is 33.1. The van der Waals surface area contributed by atoms with Gasteiger partial charge in [0.1, 0.15) is 0 Å². The van der Waals surface area contributed by atoms with Crippen molar-refractivity contribution in [1.82, 2.24) is 0 Å². The summed E-state index contributed by atoms with van der Waals surface area (Å²) in [5.74, 6) is -1.96. The van der Waals surface area contributed by atoms with Gasteiger partial charge in [-0.25, -0.2) is 0 Å². The van der Waals surface area contributed by atoms with Gasteiger partial charge in [-0.1, -0.05) is 0 Å². The lowest BCUT2D eigenvalue weighted by atomic mass is 9.99. The zero-order valence-corrected chi connectivity index (χ0v) is 11.7. The van der Waals surface area contributed by atoms with Crippen LogP contribution >= 0.6 is 0 Å². The summed E-state index contributed by atoms with van der Waals surface area (Å²) in [6, 6.07) is 0. The Hall–Kier alpha value is -1.67. The summed E-state index contributed by atoms with van der Waals surface area (Å²) in [6.45, 7) is 5.01. The second-order valence-electron chi connectivity index (χ2n) is 4.45. The molecule has 0 saturated carbocycles. The topological polar surface area (TPSA) is 108 Å². The molecular formula is C12H18O8. The minimum atomic E-state index is -1.48. The molecule has 1 rings (SSSR count). The van der Waals surface area contributed by atoms with Crippen LogP contribution in [0.3, 0.4) is 0 Å². The summed E-state index contributed by atoms with van der Waals surface area (Å²) in [7, 11) is 0. The fourth-order valence-corrected chi connectivity index (χ4v) is 1.99. The number of hydrogen-bond donors (Lipinski definition) is 1. The predicted molar refractivity (Wildman–Crippen MR) is 63.2 cm³/mol. The summed E-state index contributed by atoms with van der Waals surface area (Å²) in [6.07, 6.45) is -5.60. The summed E-state index contributed by atoms with van der Waals surface area (Å²) in [5.41, 5.74) is 0. The van der Waals surface area contributed by atoms with Gasteiger partial charge in [0.15, 0.2) is 24.6 Å². The van der Waals surface area contributed by atoms with Gasteiger partial charge in [-0.2, -0.15) is 0 Å². The van der Waals surface area contributed by atoms with Gasteiger partial charge in [0.05, 0.1) is 6.10 Å². The van der Waals surface area contributed by atoms with E-state index in [9.17, 15) is 19.5 Å². The van der Waals surface area contributed by atoms with Crippen LogP contribution in [-0.2, 0) is 33.3 Å². The largest absolute Gasteiger partial charge is 0.456 e. The predicted octanol–water partition coefficient (Wildman–Crippen LogP) is -0.481. The Balaban J connectivity index is 3.01. The van der Waals surface area contributed by atoms with Crippen molar-refractivity contribution in [3.8, 4) is 0 Å². The number of hydrogen-bond acceptors (Lipinski definition) is 8. The maximum atomic E-state index is 11.2. The lowest BCUT2D eigenvalue weighted by Gasteiger charge is -2.41. The van der Waals surface area contributed by atoms with Crippen molar-refractivity contribution < 1.29 is 38.4 Å². The number of carbonyl (C=O) groups is 3. The molecule has 0 aromatic carbocycles. The molecule has 1 unspecified atom stereocenters. The molecule has 0 radical (unpaired) electrons. The molecule has 0 aliphatic carbocycles. The van der Waals surface area contributed by atoms with Gasteiger partial charge in [0, 0.05) is 20.8 Å². The van der Waals surface area contributed by atoms with Gasteiger partial charge in [0.25, 0.3) is 0 Å². The Morgan fingerprint density at radius 1 is 0.850 bits per heavy atom. The molecule has 1 aliphatic rings. The number of esters is 3. The van der Waals surface area contributed by atoms with Gasteiger partial charge in [-0.05, 0) is 6.92 Å². The highest BCUT2D eigenvalue weighted by molar-refractivity contribution is 5.68. The van der Waals surface area contributed by atoms with Crippen LogP contribution in [0, 0.1) is 0 Å². The van der Waals surface area contributed by atoms with Crippen molar-refractivity contribution in [3.05, 3.63) is 0 Å². The van der Waals surface area contributed by atoms with Crippen LogP contribution in [0.1, 0.15) is 27.7 Å². The molecule has 20 heavy (non-hydrogen) atoms. The molecule has 0 bridgehead atoms. The Morgan fingerprint density at radius 3 is 1.70 bits per heavy atom. The molecular weight excluding hydrogens is 272 g/mol. The molecule has 0 spiro atoms. The molecule has 114 valence electrons. The van der Waals surface area contributed by atoms with Crippen molar-refractivity contribution in [2.24, 2.45) is 0 Å². The molecule has 1 aliphatic heterocycles. The number of rotatable bonds is 3. The first kappa shape index (κ1) is 16.4. The highest BCUT2D eigenvalue weighted by Crippen LogP contribution is 2.27. The molecule has 1 saturated heterocycles. The summed E-state index contributed by atoms with van der Waals surface area (Å²) in [5, 5.41) is 9.79. The van der Waals surface area contributed by atoms with Crippen LogP contribution in [0.2, 0.25) is 0 Å². The first-order valence-electron chi connectivity index (χ1n) is 6.07. The van der Waals surface area contributed by atoms with E-state index in [-0.39, 0.29) is 0 Å². The lowest BCUT2D eigenvalue weighted by Crippen LogP contribution is -2.60. The third-order valence-electron chi connectivity index (χ3n) is 2.65. The van der Waals surface area contributed by atoms with E-state index in [1.807, 2.05) is 0 Å². The van der Waals surface area contributed by atoms with Gasteiger partial charge < -0.3 is 24.1 Å². The van der Waals surface area contributed by atoms with Crippen molar-refractivity contribution in [3.63, 3.8) is 0 Å². The molecule has 1 fully saturated rings. The van der Waals surface area contributed by atoms with E-state index in [0.717, 1.165) is 13.8 Å². The number of aliphatic hydroxyl groups is 1. The van der Waals surface area contributed by atoms with E-state index >= 15 is 0 Å². The van der Waals surface area contributed by atoms with Gasteiger partial charge in [-0.3, -0.25) is 14.4 Å². The van der Waals surface area contributed by atoms with Crippen molar-refractivity contribution >= 4 is 17.9 Å². The molecule has 8 nitrogen and oxygen atoms in total. The first-order chi connectivity index (χ1) is 9.22. The number of ether oxygens (including phenoxy) is 4. The van der Waals surface area contributed by atoms with E-state index < -0.39 is 48.6 Å². The average molecular weight is 290 g/mol. The van der Waals surface area contributed by atoms with Crippen LogP contribution < -0.4 is 0 Å². The standard InChI is InChI=1S/C12H18O8/c1-5-9(18-6(2)13)10(19-7(3)14)11(12(16)17-5)20-8(4)15/h5,9-12,16H,1-4H3/t5-,9+,10?,11-,12-/m1/s1. The zero-order valence-electron chi connectivity index (χ0n) is 11.7. The van der Waals surface area contributed by atoms with E-state index in [2.05, 4.69) is 0 Å². The van der Waals surface area contributed by atoms with Crippen LogP contribution in [0.4, 0.5) is 0 Å². The van der Waals surface area contributed by atoms with Crippen molar-refractivity contribution in [1.29, 1.82) is 0 Å². The first-order valence-corrected chi connectivity index (χ1v) is 6.07. The fourth-order valence-electron chi connectivity index (χ4n) is 1.99. The minimum Gasteiger partial charge on any atom is -0.456 e. The molecule has 1 N–H and O–H groups in total. The minimum absolute atomic E-state index is 0.611. The molecule has 1 heterocycles. The van der Waals surface area contributed by atoms with E-state index in [0.29, 0.717) is 0 Å². The highest BCUT2D eigenvalue weighted by Gasteiger charge is 2.49. The molecule has 8 heteroatoms. The monoisotopic (exact) mass is 290 g/mol. The second-order valence-corrected chi connectivity index (χ2v) is 4.45. The Bertz CT molecular complexity index is 365. The Labute approximate surface area is 115 Å². The van der Waals surface area contributed by atoms with Crippen molar-refractivity contribution in [2.75, 3.05) is 0 Å². The van der Waals surface area contributed by atoms with Crippen LogP contribution in [0.5, 0.6) is 0 Å². The van der Waals surface area contributed by atoms with Crippen LogP contribution in [0.15, 0.2) is 0 Å². The maximum absolute atomic E-state index is 11.2.